The van der Waals surface area contributed by atoms with Crippen LogP contribution in [0.4, 0.5) is 15.9 Å². The van der Waals surface area contributed by atoms with Crippen LogP contribution in [0.1, 0.15) is 11.1 Å². The summed E-state index contributed by atoms with van der Waals surface area (Å²) in [5.74, 6) is 0.113. The van der Waals surface area contributed by atoms with Crippen LogP contribution in [0.2, 0.25) is 0 Å². The van der Waals surface area contributed by atoms with Gasteiger partial charge in [-0.05, 0) is 54.8 Å². The summed E-state index contributed by atoms with van der Waals surface area (Å²) in [7, 11) is 0. The van der Waals surface area contributed by atoms with Gasteiger partial charge < -0.3 is 15.4 Å². The fourth-order valence-electron chi connectivity index (χ4n) is 3.24. The number of aliphatic hydroxyl groups is 1. The highest BCUT2D eigenvalue weighted by Gasteiger charge is 2.13. The molecule has 0 radical (unpaired) electrons. The van der Waals surface area contributed by atoms with Crippen molar-refractivity contribution in [2.75, 3.05) is 11.9 Å². The third-order valence-electron chi connectivity index (χ3n) is 4.63. The first-order valence-electron chi connectivity index (χ1n) is 8.65. The third-order valence-corrected chi connectivity index (χ3v) is 4.63. The average molecular weight is 363 g/mol. The standard InChI is InChI=1S/C21H18FN3O2/c1-12-2-3-13(7-9-26)10-18(12)25-20-15-6-8-23-21(27)19(15)16-11-14(22)4-5-17(16)24-20/h2-6,8,10-11,26H,7,9H2,1H3,(H,23,27)(H,24,25). The number of H-pyrrole nitrogens is 1. The molecule has 0 saturated heterocycles. The molecule has 0 unspecified atom stereocenters. The van der Waals surface area contributed by atoms with Gasteiger partial charge in [0.05, 0.1) is 10.9 Å². The summed E-state index contributed by atoms with van der Waals surface area (Å²) in [6.45, 7) is 2.04. The van der Waals surface area contributed by atoms with Gasteiger partial charge in [0.1, 0.15) is 11.6 Å². The number of halogens is 1. The number of aryl methyl sites for hydroxylation is 1. The highest BCUT2D eigenvalue weighted by Crippen LogP contribution is 2.30. The summed E-state index contributed by atoms with van der Waals surface area (Å²) in [4.78, 5) is 19.7. The van der Waals surface area contributed by atoms with Gasteiger partial charge >= 0.3 is 0 Å². The van der Waals surface area contributed by atoms with Gasteiger partial charge in [0.15, 0.2) is 0 Å². The Bertz CT molecular complexity index is 1220. The monoisotopic (exact) mass is 363 g/mol. The Morgan fingerprint density at radius 3 is 2.81 bits per heavy atom. The van der Waals surface area contributed by atoms with E-state index < -0.39 is 5.82 Å². The molecule has 3 N–H and O–H groups in total. The van der Waals surface area contributed by atoms with Crippen molar-refractivity contribution in [2.24, 2.45) is 0 Å². The molecule has 0 aliphatic rings. The van der Waals surface area contributed by atoms with Gasteiger partial charge in [-0.15, -0.1) is 0 Å². The fourth-order valence-corrected chi connectivity index (χ4v) is 3.24. The molecule has 2 aromatic carbocycles. The van der Waals surface area contributed by atoms with E-state index in [1.54, 1.807) is 18.3 Å². The Balaban J connectivity index is 1.94. The van der Waals surface area contributed by atoms with Crippen LogP contribution in [0, 0.1) is 12.7 Å². The zero-order chi connectivity index (χ0) is 19.0. The molecule has 6 heteroatoms. The Kier molecular flexibility index (Phi) is 4.33. The van der Waals surface area contributed by atoms with Crippen LogP contribution in [-0.2, 0) is 6.42 Å². The molecule has 136 valence electrons. The molecule has 0 spiro atoms. The maximum absolute atomic E-state index is 13.7. The van der Waals surface area contributed by atoms with Gasteiger partial charge in [0.2, 0.25) is 0 Å². The molecule has 0 atom stereocenters. The number of aliphatic hydroxyl groups excluding tert-OH is 1. The summed E-state index contributed by atoms with van der Waals surface area (Å²) in [6.07, 6.45) is 2.11. The van der Waals surface area contributed by atoms with Crippen molar-refractivity contribution in [3.05, 3.63) is 76.0 Å². The molecule has 4 aromatic rings. The van der Waals surface area contributed by atoms with E-state index in [-0.39, 0.29) is 12.2 Å². The van der Waals surface area contributed by atoms with Crippen LogP contribution < -0.4 is 10.9 Å². The minimum atomic E-state index is -0.415. The van der Waals surface area contributed by atoms with Crippen molar-refractivity contribution >= 4 is 33.2 Å². The number of pyridine rings is 2. The molecular weight excluding hydrogens is 345 g/mol. The van der Waals surface area contributed by atoms with Gasteiger partial charge in [0.25, 0.3) is 5.56 Å². The van der Waals surface area contributed by atoms with E-state index in [1.807, 2.05) is 25.1 Å². The largest absolute Gasteiger partial charge is 0.396 e. The maximum atomic E-state index is 13.7. The Morgan fingerprint density at radius 1 is 1.15 bits per heavy atom. The second kappa shape index (κ2) is 6.81. The van der Waals surface area contributed by atoms with Crippen molar-refractivity contribution < 1.29 is 9.50 Å². The fraction of sp³-hybridized carbons (Fsp3) is 0.143. The van der Waals surface area contributed by atoms with E-state index >= 15 is 0 Å². The van der Waals surface area contributed by atoms with E-state index in [4.69, 9.17) is 0 Å². The molecule has 2 aromatic heterocycles. The Hall–Kier alpha value is -3.25. The minimum absolute atomic E-state index is 0.0700. The molecule has 5 nitrogen and oxygen atoms in total. The summed E-state index contributed by atoms with van der Waals surface area (Å²) >= 11 is 0. The van der Waals surface area contributed by atoms with Crippen molar-refractivity contribution in [3.63, 3.8) is 0 Å². The van der Waals surface area contributed by atoms with Crippen LogP contribution in [-0.4, -0.2) is 21.7 Å². The highest BCUT2D eigenvalue weighted by atomic mass is 19.1. The van der Waals surface area contributed by atoms with Crippen LogP contribution >= 0.6 is 0 Å². The topological polar surface area (TPSA) is 78.0 Å². The highest BCUT2D eigenvalue weighted by molar-refractivity contribution is 6.10. The summed E-state index contributed by atoms with van der Waals surface area (Å²) in [6, 6.07) is 11.9. The number of fused-ring (bicyclic) bond motifs is 3. The molecule has 2 heterocycles. The molecule has 4 rings (SSSR count). The van der Waals surface area contributed by atoms with Gasteiger partial charge in [-0.3, -0.25) is 4.79 Å². The van der Waals surface area contributed by atoms with Gasteiger partial charge in [-0.25, -0.2) is 9.37 Å². The molecule has 0 saturated carbocycles. The third kappa shape index (κ3) is 3.15. The average Bonchev–Trinajstić information content (AvgIpc) is 2.65. The number of nitrogens with one attached hydrogen (secondary N) is 2. The van der Waals surface area contributed by atoms with E-state index in [1.165, 1.54) is 12.1 Å². The number of hydrogen-bond donors (Lipinski definition) is 3. The zero-order valence-corrected chi connectivity index (χ0v) is 14.7. The van der Waals surface area contributed by atoms with Crippen molar-refractivity contribution in [2.45, 2.75) is 13.3 Å². The van der Waals surface area contributed by atoms with Crippen LogP contribution in [0.5, 0.6) is 0 Å². The number of aromatic nitrogens is 2. The number of nitrogens with zero attached hydrogens (tertiary/aromatic N) is 1. The van der Waals surface area contributed by atoms with Crippen LogP contribution in [0.15, 0.2) is 53.5 Å². The predicted octanol–water partition coefficient (Wildman–Crippen LogP) is 3.80. The van der Waals surface area contributed by atoms with Crippen LogP contribution in [0.25, 0.3) is 21.7 Å². The zero-order valence-electron chi connectivity index (χ0n) is 14.7. The first-order valence-corrected chi connectivity index (χ1v) is 8.65. The second-order valence-corrected chi connectivity index (χ2v) is 6.47. The van der Waals surface area contributed by atoms with E-state index in [2.05, 4.69) is 15.3 Å². The molecule has 0 fully saturated rings. The molecule has 27 heavy (non-hydrogen) atoms. The summed E-state index contributed by atoms with van der Waals surface area (Å²) in [5, 5.41) is 14.0. The Labute approximate surface area is 154 Å². The van der Waals surface area contributed by atoms with Gasteiger partial charge in [0, 0.05) is 29.3 Å². The molecule has 0 bridgehead atoms. The number of rotatable bonds is 4. The smallest absolute Gasteiger partial charge is 0.256 e. The van der Waals surface area contributed by atoms with Gasteiger partial charge in [-0.2, -0.15) is 0 Å². The summed E-state index contributed by atoms with van der Waals surface area (Å²) < 4.78 is 13.7. The normalized spacial score (nSPS) is 11.2. The maximum Gasteiger partial charge on any atom is 0.256 e. The molecular formula is C21H18FN3O2. The predicted molar refractivity (Wildman–Crippen MR) is 105 cm³/mol. The van der Waals surface area contributed by atoms with E-state index in [0.29, 0.717) is 33.9 Å². The first-order chi connectivity index (χ1) is 13.1. The van der Waals surface area contributed by atoms with Crippen LogP contribution in [0.3, 0.4) is 0 Å². The number of aromatic amines is 1. The molecule has 0 aliphatic heterocycles. The van der Waals surface area contributed by atoms with Crippen molar-refractivity contribution in [1.82, 2.24) is 9.97 Å². The quantitative estimate of drug-likeness (QED) is 0.482. The van der Waals surface area contributed by atoms with Crippen molar-refractivity contribution in [1.29, 1.82) is 0 Å². The molecule has 0 amide bonds. The first kappa shape index (κ1) is 17.2. The Morgan fingerprint density at radius 2 is 2.00 bits per heavy atom. The second-order valence-electron chi connectivity index (χ2n) is 6.47. The number of anilines is 2. The lowest BCUT2D eigenvalue weighted by molar-refractivity contribution is 0.299. The SMILES string of the molecule is Cc1ccc(CCO)cc1Nc1nc2ccc(F)cc2c2c(=O)[nH]ccc12. The summed E-state index contributed by atoms with van der Waals surface area (Å²) in [5.41, 5.74) is 3.09. The number of hydrogen-bond acceptors (Lipinski definition) is 4. The van der Waals surface area contributed by atoms with E-state index in [0.717, 1.165) is 16.8 Å². The van der Waals surface area contributed by atoms with Crippen molar-refractivity contribution in [3.8, 4) is 0 Å². The lowest BCUT2D eigenvalue weighted by Crippen LogP contribution is -2.08. The minimum Gasteiger partial charge on any atom is -0.396 e. The van der Waals surface area contributed by atoms with E-state index in [9.17, 15) is 14.3 Å². The lowest BCUT2D eigenvalue weighted by Gasteiger charge is -2.14. The lowest BCUT2D eigenvalue weighted by atomic mass is 10.1. The number of benzene rings is 2. The van der Waals surface area contributed by atoms with Gasteiger partial charge in [-0.1, -0.05) is 12.1 Å². The molecule has 0 aliphatic carbocycles.